The van der Waals surface area contributed by atoms with Crippen molar-refractivity contribution in [1.29, 1.82) is 0 Å². The molecular weight excluding hydrogens is 680 g/mol. The van der Waals surface area contributed by atoms with E-state index < -0.39 is 23.4 Å². The van der Waals surface area contributed by atoms with Gasteiger partial charge in [-0.3, -0.25) is 0 Å². The summed E-state index contributed by atoms with van der Waals surface area (Å²) < 4.78 is 0. The number of hydrogen-bond donors (Lipinski definition) is 4. The van der Waals surface area contributed by atoms with Crippen LogP contribution in [0.5, 0.6) is 0 Å². The first-order valence-corrected chi connectivity index (χ1v) is 27.3. The Morgan fingerprint density at radius 2 is 0.854 bits per heavy atom. The molecule has 9 heteroatoms. The molecule has 0 aromatic carbocycles. The zero-order chi connectivity index (χ0) is 32.1. The minimum atomic E-state index is -3.52. The Labute approximate surface area is 265 Å². The van der Waals surface area contributed by atoms with E-state index in [1.165, 1.54) is 0 Å². The summed E-state index contributed by atoms with van der Waals surface area (Å²) in [6.07, 6.45) is 15.9. The quantitative estimate of drug-likeness (QED) is 0.148. The van der Waals surface area contributed by atoms with Gasteiger partial charge in [-0.25, -0.2) is 0 Å². The Kier molecular flexibility index (Phi) is 11.1. The van der Waals surface area contributed by atoms with Crippen molar-refractivity contribution in [2.75, 3.05) is 28.2 Å². The second kappa shape index (κ2) is 12.1. The number of hydrogen-bond acceptors (Lipinski definition) is 4. The van der Waals surface area contributed by atoms with Gasteiger partial charge in [0.2, 0.25) is 0 Å². The van der Waals surface area contributed by atoms with Crippen molar-refractivity contribution >= 4 is 30.0 Å². The number of nitrogens with one attached hydrogen (secondary N) is 4. The van der Waals surface area contributed by atoms with E-state index in [0.717, 1.165) is 24.2 Å². The van der Waals surface area contributed by atoms with Crippen LogP contribution in [-0.2, 0) is 12.5 Å². The number of rotatable bonds is 8. The van der Waals surface area contributed by atoms with Gasteiger partial charge in [-0.15, -0.1) is 0 Å². The van der Waals surface area contributed by atoms with Crippen molar-refractivity contribution in [3.63, 3.8) is 0 Å². The van der Waals surface area contributed by atoms with E-state index in [1.54, 1.807) is 0 Å². The second-order valence-electron chi connectivity index (χ2n) is 15.9. The van der Waals surface area contributed by atoms with Gasteiger partial charge in [-0.2, -0.15) is 0 Å². The summed E-state index contributed by atoms with van der Waals surface area (Å²) in [6, 6.07) is 0. The van der Waals surface area contributed by atoms with Crippen LogP contribution in [0.15, 0.2) is 47.9 Å². The fourth-order valence-corrected chi connectivity index (χ4v) is 114. The van der Waals surface area contributed by atoms with Crippen molar-refractivity contribution in [3.05, 3.63) is 47.9 Å². The molecule has 2 rings (SSSR count). The number of likely N-dealkylation sites (N-methyl/N-ethyl adjacent to an activating group) is 4. The van der Waals surface area contributed by atoms with E-state index in [4.69, 9.17) is 19.1 Å². The maximum absolute atomic E-state index is 8.88. The molecule has 246 valence electrons. The number of halogens is 2. The van der Waals surface area contributed by atoms with Crippen molar-refractivity contribution < 1.29 is 12.5 Å². The molecule has 0 spiro atoms. The van der Waals surface area contributed by atoms with Crippen LogP contribution in [0.1, 0.15) is 95.9 Å². The van der Waals surface area contributed by atoms with E-state index in [1.807, 2.05) is 14.1 Å². The van der Waals surface area contributed by atoms with Crippen LogP contribution in [0.4, 0.5) is 0 Å². The minimum absolute atomic E-state index is 0.113. The summed E-state index contributed by atoms with van der Waals surface area (Å²) in [4.78, 5) is 0. The van der Waals surface area contributed by atoms with E-state index in [2.05, 4.69) is 155 Å². The van der Waals surface area contributed by atoms with Crippen LogP contribution in [0.2, 0.25) is 0 Å². The SMILES string of the molecule is CNC1=CCC(NC)([PH](C(C)(C)C)(C(C)(C)C)[Pd]([Cl])([Cl])[PH](C(C)(C)C)(C(C)(C)C)C2(NC)C=CC(NC)=CC2)C=C1. The number of allylic oxidation sites excluding steroid dienone is 2. The Balaban J connectivity index is 3.34. The summed E-state index contributed by atoms with van der Waals surface area (Å²) >= 11 is -3.52. The predicted molar refractivity (Wildman–Crippen MR) is 193 cm³/mol. The third-order valence-electron chi connectivity index (χ3n) is 9.57. The molecule has 2 atom stereocenters. The fraction of sp³-hybridized carbons (Fsp3) is 0.750. The molecule has 0 aliphatic heterocycles. The Morgan fingerprint density at radius 3 is 1.00 bits per heavy atom. The molecule has 41 heavy (non-hydrogen) atoms. The molecule has 4 N–H and O–H groups in total. The van der Waals surface area contributed by atoms with Crippen molar-refractivity contribution in [2.45, 2.75) is 127 Å². The standard InChI is InChI=1S/2C16H31N2P.2ClH.Pd/c2*1-14(2,3)19(15(4,5)6)16(18-8)11-9-13(17-7)10-12-16;;;/h2*9-11,17-18H,12H2,1-8H3;2*1H;. The molecule has 2 unspecified atom stereocenters. The molecule has 0 amide bonds. The first-order chi connectivity index (χ1) is 18.4. The van der Waals surface area contributed by atoms with Crippen LogP contribution in [-0.4, -0.2) is 59.4 Å². The molecule has 4 nitrogen and oxygen atoms in total. The third-order valence-corrected chi connectivity index (χ3v) is 70.3. The summed E-state index contributed by atoms with van der Waals surface area (Å²) in [5, 5.41) is 13.6. The molecule has 0 heterocycles. The van der Waals surface area contributed by atoms with E-state index in [0.29, 0.717) is 0 Å². The van der Waals surface area contributed by atoms with Gasteiger partial charge in [0, 0.05) is 0 Å². The maximum atomic E-state index is 8.88. The zero-order valence-electron chi connectivity index (χ0n) is 29.0. The third kappa shape index (κ3) is 5.32. The van der Waals surface area contributed by atoms with Gasteiger partial charge in [0.1, 0.15) is 0 Å². The second-order valence-corrected chi connectivity index (χ2v) is 52.1. The summed E-state index contributed by atoms with van der Waals surface area (Å²) in [5.41, 5.74) is -3.46. The molecule has 2 aliphatic carbocycles. The van der Waals surface area contributed by atoms with Gasteiger partial charge in [-0.05, 0) is 0 Å². The molecule has 0 radical (unpaired) electrons. The molecule has 0 fully saturated rings. The molecular formula is C32H64Cl2N4P2Pd. The topological polar surface area (TPSA) is 48.1 Å². The van der Waals surface area contributed by atoms with Gasteiger partial charge in [0.25, 0.3) is 0 Å². The van der Waals surface area contributed by atoms with Gasteiger partial charge < -0.3 is 0 Å². The van der Waals surface area contributed by atoms with E-state index >= 15 is 0 Å². The van der Waals surface area contributed by atoms with Crippen LogP contribution in [0, 0.1) is 0 Å². The normalized spacial score (nSPS) is 26.3. The monoisotopic (exact) mass is 742 g/mol. The van der Waals surface area contributed by atoms with E-state index in [9.17, 15) is 0 Å². The van der Waals surface area contributed by atoms with Crippen molar-refractivity contribution in [1.82, 2.24) is 21.3 Å². The Morgan fingerprint density at radius 1 is 0.585 bits per heavy atom. The molecule has 0 bridgehead atoms. The predicted octanol–water partition coefficient (Wildman–Crippen LogP) is 8.93. The first-order valence-electron chi connectivity index (χ1n) is 15.0. The molecule has 2 aliphatic rings. The molecule has 0 aromatic rings. The molecule has 0 saturated heterocycles. The van der Waals surface area contributed by atoms with Crippen molar-refractivity contribution in [3.8, 4) is 0 Å². The van der Waals surface area contributed by atoms with Gasteiger partial charge in [-0.1, -0.05) is 0 Å². The van der Waals surface area contributed by atoms with Crippen LogP contribution in [0.3, 0.4) is 0 Å². The Bertz CT molecular complexity index is 975. The zero-order valence-corrected chi connectivity index (χ0v) is 34.0. The van der Waals surface area contributed by atoms with Crippen LogP contribution >= 0.6 is 30.0 Å². The van der Waals surface area contributed by atoms with Crippen LogP contribution in [0.25, 0.3) is 0 Å². The van der Waals surface area contributed by atoms with Gasteiger partial charge in [0.05, 0.1) is 0 Å². The van der Waals surface area contributed by atoms with E-state index in [-0.39, 0.29) is 31.2 Å². The van der Waals surface area contributed by atoms with Gasteiger partial charge >= 0.3 is 267 Å². The van der Waals surface area contributed by atoms with Crippen LogP contribution < -0.4 is 21.3 Å². The average molecular weight is 744 g/mol. The first kappa shape index (κ1) is 37.8. The Hall–Kier alpha value is 0.582. The average Bonchev–Trinajstić information content (AvgIpc) is 2.81. The summed E-state index contributed by atoms with van der Waals surface area (Å²) in [7, 11) is 26.1. The fourth-order valence-electron chi connectivity index (χ4n) is 9.49. The summed E-state index contributed by atoms with van der Waals surface area (Å²) in [5.74, 6) is 0. The molecule has 0 saturated carbocycles. The van der Waals surface area contributed by atoms with Gasteiger partial charge in [0.15, 0.2) is 0 Å². The molecule has 0 aromatic heterocycles. The van der Waals surface area contributed by atoms with Crippen molar-refractivity contribution in [2.24, 2.45) is 0 Å². The summed E-state index contributed by atoms with van der Waals surface area (Å²) in [6.45, 7) is 29.5.